The Morgan fingerprint density at radius 3 is 2.56 bits per heavy atom. The monoisotopic (exact) mass is 227 g/mol. The first kappa shape index (κ1) is 14.0. The van der Waals surface area contributed by atoms with E-state index in [1.807, 2.05) is 0 Å². The van der Waals surface area contributed by atoms with Crippen LogP contribution in [0.1, 0.15) is 52.4 Å². The van der Waals surface area contributed by atoms with Crippen molar-refractivity contribution in [2.24, 2.45) is 11.8 Å². The highest BCUT2D eigenvalue weighted by molar-refractivity contribution is 4.71. The van der Waals surface area contributed by atoms with Crippen LogP contribution in [0.5, 0.6) is 0 Å². The van der Waals surface area contributed by atoms with Crippen LogP contribution >= 0.6 is 0 Å². The Morgan fingerprint density at radius 2 is 1.88 bits per heavy atom. The van der Waals surface area contributed by atoms with Crippen LogP contribution in [-0.2, 0) is 4.74 Å². The van der Waals surface area contributed by atoms with Crippen LogP contribution in [-0.4, -0.2) is 26.3 Å². The second-order valence-electron chi connectivity index (χ2n) is 5.30. The van der Waals surface area contributed by atoms with Crippen LogP contribution in [0, 0.1) is 11.8 Å². The Hall–Kier alpha value is -0.0800. The van der Waals surface area contributed by atoms with E-state index >= 15 is 0 Å². The lowest BCUT2D eigenvalue weighted by atomic mass is 9.83. The fraction of sp³-hybridized carbons (Fsp3) is 1.00. The molecule has 0 saturated heterocycles. The number of hydrogen-bond acceptors (Lipinski definition) is 2. The largest absolute Gasteiger partial charge is 0.380 e. The molecule has 1 saturated carbocycles. The molecule has 2 heteroatoms. The van der Waals surface area contributed by atoms with Gasteiger partial charge in [0.2, 0.25) is 0 Å². The Morgan fingerprint density at radius 1 is 1.12 bits per heavy atom. The molecule has 0 unspecified atom stereocenters. The number of rotatable bonds is 8. The van der Waals surface area contributed by atoms with E-state index in [-0.39, 0.29) is 0 Å². The molecule has 2 nitrogen and oxygen atoms in total. The molecule has 0 bridgehead atoms. The molecule has 0 aromatic carbocycles. The third kappa shape index (κ3) is 6.49. The molecule has 0 spiro atoms. The average Bonchev–Trinajstić information content (AvgIpc) is 2.30. The second-order valence-corrected chi connectivity index (χ2v) is 5.30. The fourth-order valence-corrected chi connectivity index (χ4v) is 2.33. The molecule has 1 aliphatic rings. The van der Waals surface area contributed by atoms with Crippen LogP contribution < -0.4 is 5.32 Å². The van der Waals surface area contributed by atoms with Gasteiger partial charge in [0.15, 0.2) is 0 Å². The molecule has 0 radical (unpaired) electrons. The smallest absolute Gasteiger partial charge is 0.0590 e. The van der Waals surface area contributed by atoms with E-state index < -0.39 is 0 Å². The van der Waals surface area contributed by atoms with Gasteiger partial charge >= 0.3 is 0 Å². The van der Waals surface area contributed by atoms with Crippen molar-refractivity contribution in [3.05, 3.63) is 0 Å². The molecule has 1 rings (SSSR count). The van der Waals surface area contributed by atoms with Gasteiger partial charge in [-0.15, -0.1) is 0 Å². The van der Waals surface area contributed by atoms with Crippen molar-refractivity contribution in [3.63, 3.8) is 0 Å². The SMILES string of the molecule is CCCCOCCNCC1CCC(C)CC1. The van der Waals surface area contributed by atoms with Gasteiger partial charge in [-0.25, -0.2) is 0 Å². The van der Waals surface area contributed by atoms with E-state index in [1.54, 1.807) is 0 Å². The van der Waals surface area contributed by atoms with Gasteiger partial charge in [-0.2, -0.15) is 0 Å². The molecule has 1 fully saturated rings. The quantitative estimate of drug-likeness (QED) is 0.643. The van der Waals surface area contributed by atoms with Crippen LogP contribution in [0.2, 0.25) is 0 Å². The molecule has 0 aromatic heterocycles. The predicted molar refractivity (Wildman–Crippen MR) is 69.7 cm³/mol. The van der Waals surface area contributed by atoms with Crippen molar-refractivity contribution in [1.82, 2.24) is 5.32 Å². The minimum atomic E-state index is 0.878. The molecule has 0 aliphatic heterocycles. The lowest BCUT2D eigenvalue weighted by Gasteiger charge is -2.26. The van der Waals surface area contributed by atoms with Gasteiger partial charge in [-0.05, 0) is 37.6 Å². The van der Waals surface area contributed by atoms with Crippen LogP contribution in [0.3, 0.4) is 0 Å². The third-order valence-electron chi connectivity index (χ3n) is 3.63. The lowest BCUT2D eigenvalue weighted by Crippen LogP contribution is -2.28. The summed E-state index contributed by atoms with van der Waals surface area (Å²) < 4.78 is 5.52. The van der Waals surface area contributed by atoms with Crippen molar-refractivity contribution in [2.75, 3.05) is 26.3 Å². The van der Waals surface area contributed by atoms with E-state index in [0.717, 1.165) is 31.6 Å². The summed E-state index contributed by atoms with van der Waals surface area (Å²) in [5.41, 5.74) is 0. The summed E-state index contributed by atoms with van der Waals surface area (Å²) in [5, 5.41) is 3.52. The number of unbranched alkanes of at least 4 members (excludes halogenated alkanes) is 1. The first-order valence-electron chi connectivity index (χ1n) is 7.11. The van der Waals surface area contributed by atoms with Crippen molar-refractivity contribution in [2.45, 2.75) is 52.4 Å². The zero-order chi connectivity index (χ0) is 11.6. The summed E-state index contributed by atoms with van der Waals surface area (Å²) in [6.07, 6.45) is 8.13. The minimum Gasteiger partial charge on any atom is -0.380 e. The summed E-state index contributed by atoms with van der Waals surface area (Å²) >= 11 is 0. The Bertz CT molecular complexity index is 153. The van der Waals surface area contributed by atoms with Crippen LogP contribution in [0.4, 0.5) is 0 Å². The number of ether oxygens (including phenoxy) is 1. The van der Waals surface area contributed by atoms with Crippen LogP contribution in [0.15, 0.2) is 0 Å². The zero-order valence-electron chi connectivity index (χ0n) is 11.1. The first-order valence-corrected chi connectivity index (χ1v) is 7.11. The van der Waals surface area contributed by atoms with E-state index in [2.05, 4.69) is 19.2 Å². The highest BCUT2D eigenvalue weighted by Gasteiger charge is 2.17. The first-order chi connectivity index (χ1) is 7.83. The molecule has 0 atom stereocenters. The maximum absolute atomic E-state index is 5.52. The normalized spacial score (nSPS) is 25.9. The Balaban J connectivity index is 1.84. The van der Waals surface area contributed by atoms with Gasteiger partial charge in [-0.1, -0.05) is 33.1 Å². The Kier molecular flexibility index (Phi) is 7.87. The standard InChI is InChI=1S/C14H29NO/c1-3-4-10-16-11-9-15-12-14-7-5-13(2)6-8-14/h13-15H,3-12H2,1-2H3. The van der Waals surface area contributed by atoms with Crippen molar-refractivity contribution < 1.29 is 4.74 Å². The van der Waals surface area contributed by atoms with Gasteiger partial charge in [-0.3, -0.25) is 0 Å². The van der Waals surface area contributed by atoms with Crippen LogP contribution in [0.25, 0.3) is 0 Å². The Labute approximate surface area is 101 Å². The predicted octanol–water partition coefficient (Wildman–Crippen LogP) is 3.22. The molecular formula is C14H29NO. The molecular weight excluding hydrogens is 198 g/mol. The van der Waals surface area contributed by atoms with E-state index in [1.165, 1.54) is 45.1 Å². The van der Waals surface area contributed by atoms with Gasteiger partial charge in [0.05, 0.1) is 6.61 Å². The van der Waals surface area contributed by atoms with Gasteiger partial charge < -0.3 is 10.1 Å². The fourth-order valence-electron chi connectivity index (χ4n) is 2.33. The maximum atomic E-state index is 5.52. The summed E-state index contributed by atoms with van der Waals surface area (Å²) in [6.45, 7) is 8.61. The lowest BCUT2D eigenvalue weighted by molar-refractivity contribution is 0.131. The minimum absolute atomic E-state index is 0.878. The highest BCUT2D eigenvalue weighted by atomic mass is 16.5. The highest BCUT2D eigenvalue weighted by Crippen LogP contribution is 2.27. The molecule has 0 amide bonds. The van der Waals surface area contributed by atoms with Gasteiger partial charge in [0, 0.05) is 13.2 Å². The van der Waals surface area contributed by atoms with Crippen molar-refractivity contribution in [1.29, 1.82) is 0 Å². The van der Waals surface area contributed by atoms with E-state index in [9.17, 15) is 0 Å². The molecule has 0 heterocycles. The zero-order valence-corrected chi connectivity index (χ0v) is 11.1. The summed E-state index contributed by atoms with van der Waals surface area (Å²) in [7, 11) is 0. The van der Waals surface area contributed by atoms with E-state index in [4.69, 9.17) is 4.74 Å². The summed E-state index contributed by atoms with van der Waals surface area (Å²) in [5.74, 6) is 1.89. The number of hydrogen-bond donors (Lipinski definition) is 1. The average molecular weight is 227 g/mol. The number of nitrogens with one attached hydrogen (secondary N) is 1. The second kappa shape index (κ2) is 9.00. The van der Waals surface area contributed by atoms with Gasteiger partial charge in [0.25, 0.3) is 0 Å². The summed E-state index contributed by atoms with van der Waals surface area (Å²) in [6, 6.07) is 0. The van der Waals surface area contributed by atoms with Gasteiger partial charge in [0.1, 0.15) is 0 Å². The maximum Gasteiger partial charge on any atom is 0.0590 e. The molecule has 16 heavy (non-hydrogen) atoms. The van der Waals surface area contributed by atoms with Crippen molar-refractivity contribution in [3.8, 4) is 0 Å². The van der Waals surface area contributed by atoms with E-state index in [0.29, 0.717) is 0 Å². The molecule has 1 N–H and O–H groups in total. The molecule has 96 valence electrons. The van der Waals surface area contributed by atoms with Crippen molar-refractivity contribution >= 4 is 0 Å². The topological polar surface area (TPSA) is 21.3 Å². The third-order valence-corrected chi connectivity index (χ3v) is 3.63. The molecule has 0 aromatic rings. The summed E-state index contributed by atoms with van der Waals surface area (Å²) in [4.78, 5) is 0. The molecule has 1 aliphatic carbocycles.